The summed E-state index contributed by atoms with van der Waals surface area (Å²) >= 11 is 3.01. The molecule has 19 heteroatoms. The molecule has 4 aromatic rings. The van der Waals surface area contributed by atoms with Gasteiger partial charge >= 0.3 is 0 Å². The molecule has 0 spiro atoms. The number of nitrogens with two attached hydrogens (primary N) is 2. The van der Waals surface area contributed by atoms with Crippen molar-refractivity contribution in [1.29, 1.82) is 0 Å². The van der Waals surface area contributed by atoms with Crippen LogP contribution in [0, 0.1) is 0 Å². The number of aliphatic imine (C=N–C) groups is 1. The minimum Gasteiger partial charge on any atom is -0.370 e. The molecule has 0 fully saturated rings. The van der Waals surface area contributed by atoms with Crippen LogP contribution < -0.4 is 38.1 Å². The number of nitrogens with zero attached hydrogens (tertiary/aromatic N) is 5. The first-order valence-electron chi connectivity index (χ1n) is 14.6. The van der Waals surface area contributed by atoms with E-state index in [0.717, 1.165) is 0 Å². The zero-order valence-electron chi connectivity index (χ0n) is 27.8. The first-order valence-corrected chi connectivity index (χ1v) is 15.4. The molecule has 0 bridgehead atoms. The van der Waals surface area contributed by atoms with Crippen LogP contribution in [0.4, 0.5) is 22.7 Å². The molecular formula is C31H38BrClN12O5. The number of halogens is 2. The number of amides is 5. The summed E-state index contributed by atoms with van der Waals surface area (Å²) in [6.45, 7) is 5.48. The standard InChI is InChI=1S/C31H37BrN12O5.ClH/c1-16(36-31(33)34)11-35-27(46)22-7-19(13-41(22)3)38-29(48)24-9-21(15-43(24)5)40-30(49)25-10-20(14-44(25)6)39-28(47)23-8-18(12-42(23)4)37-26(45)17(2)32;/h7-10,12-16H,2,11H2,1,3-6H3,(H,35,46)(H,37,45)(H,38,48)(H,39,47)(H,40,49)(H4,33,34,36);1H. The first-order chi connectivity index (χ1) is 23.0. The maximum absolute atomic E-state index is 13.2. The molecule has 266 valence electrons. The van der Waals surface area contributed by atoms with Gasteiger partial charge in [0.15, 0.2) is 5.96 Å². The molecule has 5 amide bonds. The molecule has 50 heavy (non-hydrogen) atoms. The van der Waals surface area contributed by atoms with Gasteiger partial charge in [0.1, 0.15) is 22.8 Å². The topological polar surface area (TPSA) is 230 Å². The van der Waals surface area contributed by atoms with E-state index in [1.165, 1.54) is 24.3 Å². The molecule has 4 rings (SSSR count). The Hall–Kier alpha value is -5.75. The van der Waals surface area contributed by atoms with E-state index in [2.05, 4.69) is 54.1 Å². The number of aryl methyl sites for hydroxylation is 4. The lowest BCUT2D eigenvalue weighted by molar-refractivity contribution is -0.112. The number of rotatable bonds is 12. The van der Waals surface area contributed by atoms with Crippen molar-refractivity contribution in [2.45, 2.75) is 13.0 Å². The van der Waals surface area contributed by atoms with Gasteiger partial charge in [0.25, 0.3) is 29.5 Å². The van der Waals surface area contributed by atoms with Crippen LogP contribution in [0.15, 0.2) is 65.1 Å². The van der Waals surface area contributed by atoms with Crippen molar-refractivity contribution in [3.8, 4) is 0 Å². The third-order valence-corrected chi connectivity index (χ3v) is 7.52. The van der Waals surface area contributed by atoms with Gasteiger partial charge in [-0.3, -0.25) is 24.0 Å². The van der Waals surface area contributed by atoms with Crippen LogP contribution >= 0.6 is 28.3 Å². The number of nitrogens with one attached hydrogen (secondary N) is 5. The number of carbonyl (C=O) groups is 5. The van der Waals surface area contributed by atoms with Gasteiger partial charge < -0.3 is 56.3 Å². The Morgan fingerprint density at radius 2 is 1.00 bits per heavy atom. The predicted molar refractivity (Wildman–Crippen MR) is 197 cm³/mol. The lowest BCUT2D eigenvalue weighted by atomic mass is 10.3. The summed E-state index contributed by atoms with van der Waals surface area (Å²) in [6, 6.07) is 5.75. The monoisotopic (exact) mass is 772 g/mol. The molecule has 4 aromatic heterocycles. The Labute approximate surface area is 301 Å². The van der Waals surface area contributed by atoms with Crippen LogP contribution in [-0.2, 0) is 33.0 Å². The van der Waals surface area contributed by atoms with Crippen molar-refractivity contribution in [1.82, 2.24) is 23.6 Å². The number of guanidine groups is 1. The molecule has 9 N–H and O–H groups in total. The average molecular weight is 774 g/mol. The zero-order chi connectivity index (χ0) is 36.2. The van der Waals surface area contributed by atoms with Gasteiger partial charge in [0.2, 0.25) is 0 Å². The summed E-state index contributed by atoms with van der Waals surface area (Å²) in [5.41, 5.74) is 13.3. The highest BCUT2D eigenvalue weighted by molar-refractivity contribution is 9.12. The van der Waals surface area contributed by atoms with Crippen LogP contribution in [0.1, 0.15) is 48.9 Å². The molecule has 1 atom stereocenters. The Kier molecular flexibility index (Phi) is 12.5. The highest BCUT2D eigenvalue weighted by Crippen LogP contribution is 2.21. The minimum atomic E-state index is -0.479. The number of carbonyl (C=O) groups excluding carboxylic acids is 5. The maximum atomic E-state index is 13.2. The van der Waals surface area contributed by atoms with Crippen molar-refractivity contribution in [2.75, 3.05) is 27.8 Å². The Bertz CT molecular complexity index is 2000. The van der Waals surface area contributed by atoms with Crippen LogP contribution in [0.5, 0.6) is 0 Å². The fourth-order valence-corrected chi connectivity index (χ4v) is 4.95. The molecular weight excluding hydrogens is 736 g/mol. The molecule has 0 aromatic carbocycles. The maximum Gasteiger partial charge on any atom is 0.272 e. The van der Waals surface area contributed by atoms with Gasteiger partial charge in [0.05, 0.1) is 33.3 Å². The predicted octanol–water partition coefficient (Wildman–Crippen LogP) is 2.46. The summed E-state index contributed by atoms with van der Waals surface area (Å²) in [5, 5.41) is 13.7. The molecule has 0 saturated heterocycles. The second-order valence-electron chi connectivity index (χ2n) is 11.2. The Morgan fingerprint density at radius 1 is 0.680 bits per heavy atom. The molecule has 0 saturated carbocycles. The minimum absolute atomic E-state index is 0. The van der Waals surface area contributed by atoms with E-state index in [9.17, 15) is 24.0 Å². The van der Waals surface area contributed by atoms with Crippen LogP contribution in [-0.4, -0.2) is 66.4 Å². The van der Waals surface area contributed by atoms with Crippen molar-refractivity contribution in [2.24, 2.45) is 44.7 Å². The van der Waals surface area contributed by atoms with Crippen molar-refractivity contribution >= 4 is 86.6 Å². The van der Waals surface area contributed by atoms with E-state index in [0.29, 0.717) is 28.4 Å². The smallest absolute Gasteiger partial charge is 0.272 e. The van der Waals surface area contributed by atoms with Gasteiger partial charge in [0, 0.05) is 59.5 Å². The van der Waals surface area contributed by atoms with Gasteiger partial charge in [-0.15, -0.1) is 12.4 Å². The van der Waals surface area contributed by atoms with Gasteiger partial charge in [-0.1, -0.05) is 6.58 Å². The van der Waals surface area contributed by atoms with E-state index in [4.69, 9.17) is 11.5 Å². The SMILES string of the molecule is C=C(Br)C(=O)Nc1cc(C(=O)Nc2cc(C(=O)Nc3cc(C(=O)Nc4cc(C(=O)NCC(C)N=C(N)N)n(C)c4)n(C)c3)n(C)c2)n(C)c1.Cl. The largest absolute Gasteiger partial charge is 0.370 e. The van der Waals surface area contributed by atoms with Crippen LogP contribution in [0.3, 0.4) is 0 Å². The molecule has 17 nitrogen and oxygen atoms in total. The van der Waals surface area contributed by atoms with E-state index < -0.39 is 23.6 Å². The molecule has 0 aliphatic carbocycles. The normalized spacial score (nSPS) is 11.1. The zero-order valence-corrected chi connectivity index (χ0v) is 30.2. The van der Waals surface area contributed by atoms with Gasteiger partial charge in [-0.05, 0) is 47.1 Å². The number of hydrogen-bond donors (Lipinski definition) is 7. The van der Waals surface area contributed by atoms with Crippen molar-refractivity contribution in [3.05, 3.63) is 82.9 Å². The third kappa shape index (κ3) is 9.44. The summed E-state index contributed by atoms with van der Waals surface area (Å²) < 4.78 is 6.36. The fraction of sp³-hybridized carbons (Fsp3) is 0.226. The number of anilines is 4. The summed E-state index contributed by atoms with van der Waals surface area (Å²) in [6.07, 6.45) is 6.34. The number of aromatic nitrogens is 4. The summed E-state index contributed by atoms with van der Waals surface area (Å²) in [4.78, 5) is 67.8. The second kappa shape index (κ2) is 16.1. The van der Waals surface area contributed by atoms with E-state index in [1.807, 2.05) is 0 Å². The second-order valence-corrected chi connectivity index (χ2v) is 12.2. The lowest BCUT2D eigenvalue weighted by Crippen LogP contribution is -2.33. The molecule has 0 aliphatic heterocycles. The van der Waals surface area contributed by atoms with E-state index in [-0.39, 0.29) is 58.4 Å². The third-order valence-electron chi connectivity index (χ3n) is 7.16. The average Bonchev–Trinajstić information content (AvgIpc) is 3.76. The van der Waals surface area contributed by atoms with Gasteiger partial charge in [-0.2, -0.15) is 0 Å². The summed E-state index contributed by atoms with van der Waals surface area (Å²) in [5.74, 6) is -2.29. The first kappa shape index (κ1) is 38.7. The number of hydrogen-bond acceptors (Lipinski definition) is 6. The van der Waals surface area contributed by atoms with E-state index in [1.54, 1.807) is 78.2 Å². The molecule has 0 radical (unpaired) electrons. The Morgan fingerprint density at radius 3 is 1.32 bits per heavy atom. The van der Waals surface area contributed by atoms with Gasteiger partial charge in [-0.25, -0.2) is 4.99 Å². The highest BCUT2D eigenvalue weighted by atomic mass is 79.9. The van der Waals surface area contributed by atoms with Crippen LogP contribution in [0.25, 0.3) is 0 Å². The molecule has 1 unspecified atom stereocenters. The molecule has 0 aliphatic rings. The summed E-state index contributed by atoms with van der Waals surface area (Å²) in [7, 11) is 6.63. The van der Waals surface area contributed by atoms with E-state index >= 15 is 0 Å². The quantitative estimate of drug-likeness (QED) is 0.0646. The lowest BCUT2D eigenvalue weighted by Gasteiger charge is -2.09. The molecule has 4 heterocycles. The highest BCUT2D eigenvalue weighted by Gasteiger charge is 2.20. The fourth-order valence-electron chi connectivity index (χ4n) is 4.85. The Balaban J connectivity index is 0.00000676. The van der Waals surface area contributed by atoms with Crippen molar-refractivity contribution < 1.29 is 24.0 Å². The van der Waals surface area contributed by atoms with Crippen molar-refractivity contribution in [3.63, 3.8) is 0 Å². The van der Waals surface area contributed by atoms with Crippen LogP contribution in [0.2, 0.25) is 0 Å².